The summed E-state index contributed by atoms with van der Waals surface area (Å²) in [6, 6.07) is 19.6. The van der Waals surface area contributed by atoms with Crippen LogP contribution in [0.2, 0.25) is 5.02 Å². The van der Waals surface area contributed by atoms with Crippen molar-refractivity contribution in [1.82, 2.24) is 0 Å². The molecule has 0 atom stereocenters. The van der Waals surface area contributed by atoms with Gasteiger partial charge in [0, 0.05) is 11.0 Å². The van der Waals surface area contributed by atoms with Gasteiger partial charge in [0.15, 0.2) is 0 Å². The summed E-state index contributed by atoms with van der Waals surface area (Å²) in [5.74, 6) is 0.716. The van der Waals surface area contributed by atoms with Gasteiger partial charge in [0.05, 0.1) is 9.92 Å². The molecule has 0 radical (unpaired) electrons. The number of aryl methyl sites for hydroxylation is 1. The van der Waals surface area contributed by atoms with Crippen molar-refractivity contribution in [2.45, 2.75) is 16.7 Å². The smallest absolute Gasteiger partial charge is 0.142 e. The standard InChI is InChI=1S/C19H14ClFOS/c1-13-6-2-3-11-18(13)23-19-16(20)9-5-10-17(19)22-15-8-4-7-14(21)12-15/h2-12H,1H3. The van der Waals surface area contributed by atoms with Crippen molar-refractivity contribution in [2.75, 3.05) is 0 Å². The lowest BCUT2D eigenvalue weighted by molar-refractivity contribution is 0.466. The van der Waals surface area contributed by atoms with E-state index in [2.05, 4.69) is 0 Å². The highest BCUT2D eigenvalue weighted by Crippen LogP contribution is 2.42. The van der Waals surface area contributed by atoms with Gasteiger partial charge in [-0.05, 0) is 42.8 Å². The van der Waals surface area contributed by atoms with E-state index in [4.69, 9.17) is 16.3 Å². The van der Waals surface area contributed by atoms with Gasteiger partial charge in [0.1, 0.15) is 17.3 Å². The second-order valence-corrected chi connectivity index (χ2v) is 6.45. The van der Waals surface area contributed by atoms with Crippen LogP contribution in [0.25, 0.3) is 0 Å². The monoisotopic (exact) mass is 344 g/mol. The maximum absolute atomic E-state index is 13.3. The average molecular weight is 345 g/mol. The fourth-order valence-corrected chi connectivity index (χ4v) is 3.36. The predicted molar refractivity (Wildman–Crippen MR) is 93.2 cm³/mol. The van der Waals surface area contributed by atoms with Crippen molar-refractivity contribution in [2.24, 2.45) is 0 Å². The van der Waals surface area contributed by atoms with Crippen LogP contribution in [-0.2, 0) is 0 Å². The summed E-state index contributed by atoms with van der Waals surface area (Å²) >= 11 is 7.89. The third-order valence-corrected chi connectivity index (χ3v) is 4.99. The SMILES string of the molecule is Cc1ccccc1Sc1c(Cl)cccc1Oc1cccc(F)c1. The Hall–Kier alpha value is -1.97. The van der Waals surface area contributed by atoms with Crippen molar-refractivity contribution in [1.29, 1.82) is 0 Å². The van der Waals surface area contributed by atoms with Crippen LogP contribution in [0, 0.1) is 12.7 Å². The zero-order valence-electron chi connectivity index (χ0n) is 12.4. The predicted octanol–water partition coefficient (Wildman–Crippen LogP) is 6.73. The van der Waals surface area contributed by atoms with Gasteiger partial charge >= 0.3 is 0 Å². The molecular weight excluding hydrogens is 331 g/mol. The van der Waals surface area contributed by atoms with Gasteiger partial charge in [0.25, 0.3) is 0 Å². The largest absolute Gasteiger partial charge is 0.456 e. The van der Waals surface area contributed by atoms with Crippen LogP contribution >= 0.6 is 23.4 Å². The highest BCUT2D eigenvalue weighted by molar-refractivity contribution is 7.99. The number of hydrogen-bond acceptors (Lipinski definition) is 2. The first-order valence-electron chi connectivity index (χ1n) is 7.09. The van der Waals surface area contributed by atoms with E-state index in [1.807, 2.05) is 49.4 Å². The highest BCUT2D eigenvalue weighted by atomic mass is 35.5. The minimum atomic E-state index is -0.336. The molecule has 0 unspecified atom stereocenters. The third-order valence-electron chi connectivity index (χ3n) is 3.26. The summed E-state index contributed by atoms with van der Waals surface area (Å²) in [6.07, 6.45) is 0. The Morgan fingerprint density at radius 3 is 2.52 bits per heavy atom. The number of hydrogen-bond donors (Lipinski definition) is 0. The zero-order chi connectivity index (χ0) is 16.2. The fourth-order valence-electron chi connectivity index (χ4n) is 2.11. The first kappa shape index (κ1) is 15.9. The molecule has 0 saturated carbocycles. The third kappa shape index (κ3) is 3.87. The lowest BCUT2D eigenvalue weighted by Gasteiger charge is -2.13. The maximum Gasteiger partial charge on any atom is 0.142 e. The Kier molecular flexibility index (Phi) is 4.89. The van der Waals surface area contributed by atoms with Crippen LogP contribution < -0.4 is 4.74 Å². The quantitative estimate of drug-likeness (QED) is 0.518. The molecule has 0 saturated heterocycles. The molecule has 0 aliphatic carbocycles. The van der Waals surface area contributed by atoms with E-state index in [-0.39, 0.29) is 5.82 Å². The molecule has 3 aromatic carbocycles. The number of halogens is 2. The second-order valence-electron chi connectivity index (χ2n) is 4.99. The summed E-state index contributed by atoms with van der Waals surface area (Å²) in [5.41, 5.74) is 1.16. The van der Waals surface area contributed by atoms with Gasteiger partial charge in [-0.1, -0.05) is 53.7 Å². The average Bonchev–Trinajstić information content (AvgIpc) is 2.52. The maximum atomic E-state index is 13.3. The molecule has 1 nitrogen and oxygen atoms in total. The lowest BCUT2D eigenvalue weighted by Crippen LogP contribution is -1.89. The van der Waals surface area contributed by atoms with Gasteiger partial charge in [0.2, 0.25) is 0 Å². The molecule has 0 aliphatic heterocycles. The van der Waals surface area contributed by atoms with E-state index in [1.54, 1.807) is 23.9 Å². The molecule has 4 heteroatoms. The highest BCUT2D eigenvalue weighted by Gasteiger charge is 2.12. The molecule has 23 heavy (non-hydrogen) atoms. The van der Waals surface area contributed by atoms with Crippen LogP contribution in [0.4, 0.5) is 4.39 Å². The minimum Gasteiger partial charge on any atom is -0.456 e. The van der Waals surface area contributed by atoms with E-state index in [0.29, 0.717) is 16.5 Å². The second kappa shape index (κ2) is 7.07. The van der Waals surface area contributed by atoms with Crippen LogP contribution in [0.5, 0.6) is 11.5 Å². The number of ether oxygens (including phenoxy) is 1. The Bertz CT molecular complexity index is 835. The topological polar surface area (TPSA) is 9.23 Å². The van der Waals surface area contributed by atoms with Crippen molar-refractivity contribution < 1.29 is 9.13 Å². The fraction of sp³-hybridized carbons (Fsp3) is 0.0526. The molecule has 0 amide bonds. The molecule has 3 aromatic rings. The summed E-state index contributed by atoms with van der Waals surface area (Å²) in [7, 11) is 0. The lowest BCUT2D eigenvalue weighted by atomic mass is 10.2. The summed E-state index contributed by atoms with van der Waals surface area (Å²) < 4.78 is 19.2. The van der Waals surface area contributed by atoms with Gasteiger partial charge in [-0.3, -0.25) is 0 Å². The molecular formula is C19H14ClFOS. The molecule has 0 aliphatic rings. The Balaban J connectivity index is 1.95. The Morgan fingerprint density at radius 2 is 1.74 bits per heavy atom. The molecule has 0 bridgehead atoms. The number of rotatable bonds is 4. The van der Waals surface area contributed by atoms with E-state index >= 15 is 0 Å². The minimum absolute atomic E-state index is 0.336. The Morgan fingerprint density at radius 1 is 0.957 bits per heavy atom. The number of benzene rings is 3. The van der Waals surface area contributed by atoms with Gasteiger partial charge in [-0.2, -0.15) is 0 Å². The molecule has 0 spiro atoms. The molecule has 0 fully saturated rings. The summed E-state index contributed by atoms with van der Waals surface area (Å²) in [4.78, 5) is 1.91. The van der Waals surface area contributed by atoms with Crippen molar-refractivity contribution >= 4 is 23.4 Å². The van der Waals surface area contributed by atoms with Crippen molar-refractivity contribution in [3.8, 4) is 11.5 Å². The molecule has 0 N–H and O–H groups in total. The summed E-state index contributed by atoms with van der Waals surface area (Å²) in [5, 5.41) is 0.604. The Labute approximate surface area is 144 Å². The van der Waals surface area contributed by atoms with Gasteiger partial charge in [-0.15, -0.1) is 0 Å². The molecule has 0 aromatic heterocycles. The normalized spacial score (nSPS) is 10.6. The van der Waals surface area contributed by atoms with E-state index < -0.39 is 0 Å². The van der Waals surface area contributed by atoms with Crippen LogP contribution in [0.1, 0.15) is 5.56 Å². The summed E-state index contributed by atoms with van der Waals surface area (Å²) in [6.45, 7) is 2.05. The van der Waals surface area contributed by atoms with Crippen molar-refractivity contribution in [3.05, 3.63) is 83.1 Å². The van der Waals surface area contributed by atoms with Crippen LogP contribution in [0.3, 0.4) is 0 Å². The van der Waals surface area contributed by atoms with Gasteiger partial charge in [-0.25, -0.2) is 4.39 Å². The first-order valence-corrected chi connectivity index (χ1v) is 8.28. The van der Waals surface area contributed by atoms with Gasteiger partial charge < -0.3 is 4.74 Å². The van der Waals surface area contributed by atoms with E-state index in [1.165, 1.54) is 12.1 Å². The van der Waals surface area contributed by atoms with Crippen LogP contribution in [0.15, 0.2) is 76.5 Å². The van der Waals surface area contributed by atoms with E-state index in [0.717, 1.165) is 15.4 Å². The molecule has 0 heterocycles. The molecule has 3 rings (SSSR count). The van der Waals surface area contributed by atoms with Crippen LogP contribution in [-0.4, -0.2) is 0 Å². The molecule has 116 valence electrons. The zero-order valence-corrected chi connectivity index (χ0v) is 14.0. The first-order chi connectivity index (χ1) is 11.1. The van der Waals surface area contributed by atoms with E-state index in [9.17, 15) is 4.39 Å². The van der Waals surface area contributed by atoms with Crippen molar-refractivity contribution in [3.63, 3.8) is 0 Å².